The van der Waals surface area contributed by atoms with Gasteiger partial charge >= 0.3 is 6.09 Å². The van der Waals surface area contributed by atoms with Gasteiger partial charge in [-0.1, -0.05) is 30.3 Å². The number of aromatic nitrogens is 2. The van der Waals surface area contributed by atoms with Crippen LogP contribution in [0.5, 0.6) is 0 Å². The molecular formula is C18H20N4O3. The highest BCUT2D eigenvalue weighted by molar-refractivity contribution is 5.93. The van der Waals surface area contributed by atoms with E-state index < -0.39 is 0 Å². The van der Waals surface area contributed by atoms with E-state index in [1.807, 2.05) is 30.3 Å². The van der Waals surface area contributed by atoms with E-state index in [2.05, 4.69) is 15.5 Å². The monoisotopic (exact) mass is 340 g/mol. The van der Waals surface area contributed by atoms with E-state index in [-0.39, 0.29) is 23.7 Å². The number of benzene rings is 1. The predicted molar refractivity (Wildman–Crippen MR) is 91.9 cm³/mol. The van der Waals surface area contributed by atoms with E-state index in [1.54, 1.807) is 24.1 Å². The minimum atomic E-state index is -0.342. The molecule has 1 atom stereocenters. The molecule has 1 aromatic carbocycles. The summed E-state index contributed by atoms with van der Waals surface area (Å²) in [7, 11) is 0. The average Bonchev–Trinajstić information content (AvgIpc) is 3.11. The van der Waals surface area contributed by atoms with Crippen molar-refractivity contribution in [3.8, 4) is 11.1 Å². The molecule has 2 aromatic rings. The van der Waals surface area contributed by atoms with Crippen molar-refractivity contribution in [2.24, 2.45) is 0 Å². The summed E-state index contributed by atoms with van der Waals surface area (Å²) in [4.78, 5) is 25.8. The summed E-state index contributed by atoms with van der Waals surface area (Å²) in [6, 6.07) is 11.3. The molecule has 0 aliphatic carbocycles. The van der Waals surface area contributed by atoms with Gasteiger partial charge in [-0.05, 0) is 25.0 Å². The number of nitrogens with one attached hydrogen (secondary N) is 1. The molecule has 3 rings (SSSR count). The molecule has 1 N–H and O–H groups in total. The van der Waals surface area contributed by atoms with Crippen molar-refractivity contribution in [2.45, 2.75) is 19.4 Å². The van der Waals surface area contributed by atoms with Gasteiger partial charge in [0.05, 0.1) is 12.8 Å². The third-order valence-electron chi connectivity index (χ3n) is 4.04. The van der Waals surface area contributed by atoms with Crippen molar-refractivity contribution >= 4 is 12.0 Å². The maximum atomic E-state index is 12.4. The fourth-order valence-electron chi connectivity index (χ4n) is 2.78. The first kappa shape index (κ1) is 16.9. The molecule has 130 valence electrons. The number of likely N-dealkylation sites (tertiary alicyclic amines) is 1. The topological polar surface area (TPSA) is 84.4 Å². The van der Waals surface area contributed by atoms with E-state index >= 15 is 0 Å². The first-order valence-corrected chi connectivity index (χ1v) is 8.28. The largest absolute Gasteiger partial charge is 0.450 e. The van der Waals surface area contributed by atoms with Gasteiger partial charge in [0, 0.05) is 24.7 Å². The van der Waals surface area contributed by atoms with Crippen LogP contribution in [0.25, 0.3) is 11.1 Å². The standard InChI is InChI=1S/C18H20N4O3/c1-2-25-18(24)22-9-8-15(12-22)20-17(23)16-10-14(11-19-21-16)13-6-4-3-5-7-13/h3-7,10-11,15H,2,8-9,12H2,1H3,(H,20,23)/t15-/m1/s1. The second-order valence-corrected chi connectivity index (χ2v) is 5.80. The maximum Gasteiger partial charge on any atom is 0.409 e. The number of amides is 2. The molecule has 1 aliphatic heterocycles. The van der Waals surface area contributed by atoms with Crippen molar-refractivity contribution < 1.29 is 14.3 Å². The molecule has 0 radical (unpaired) electrons. The van der Waals surface area contributed by atoms with Crippen molar-refractivity contribution in [3.63, 3.8) is 0 Å². The summed E-state index contributed by atoms with van der Waals surface area (Å²) in [5, 5.41) is 10.8. The Kier molecular flexibility index (Phi) is 5.23. The van der Waals surface area contributed by atoms with Crippen molar-refractivity contribution in [1.29, 1.82) is 0 Å². The van der Waals surface area contributed by atoms with E-state index in [1.165, 1.54) is 0 Å². The third kappa shape index (κ3) is 4.12. The minimum absolute atomic E-state index is 0.112. The first-order chi connectivity index (χ1) is 12.2. The second-order valence-electron chi connectivity index (χ2n) is 5.80. The zero-order valence-electron chi connectivity index (χ0n) is 14.0. The number of carbonyl (C=O) groups is 2. The number of carbonyl (C=O) groups excluding carboxylic acids is 2. The van der Waals surface area contributed by atoms with Gasteiger partial charge in [-0.15, -0.1) is 5.10 Å². The zero-order chi connectivity index (χ0) is 17.6. The van der Waals surface area contributed by atoms with Crippen LogP contribution in [-0.4, -0.2) is 52.8 Å². The molecule has 2 amide bonds. The Morgan fingerprint density at radius 2 is 2.08 bits per heavy atom. The Balaban J connectivity index is 1.64. The predicted octanol–water partition coefficient (Wildman–Crippen LogP) is 2.10. The summed E-state index contributed by atoms with van der Waals surface area (Å²) in [5.41, 5.74) is 2.07. The van der Waals surface area contributed by atoms with Crippen LogP contribution in [0.1, 0.15) is 23.8 Å². The molecule has 1 aliphatic rings. The Bertz CT molecular complexity index is 751. The van der Waals surface area contributed by atoms with Crippen LogP contribution in [-0.2, 0) is 4.74 Å². The third-order valence-corrected chi connectivity index (χ3v) is 4.04. The summed E-state index contributed by atoms with van der Waals surface area (Å²) >= 11 is 0. The highest BCUT2D eigenvalue weighted by Crippen LogP contribution is 2.18. The number of nitrogens with zero attached hydrogens (tertiary/aromatic N) is 3. The van der Waals surface area contributed by atoms with E-state index in [0.717, 1.165) is 11.1 Å². The minimum Gasteiger partial charge on any atom is -0.450 e. The molecule has 0 unspecified atom stereocenters. The quantitative estimate of drug-likeness (QED) is 0.921. The fraction of sp³-hybridized carbons (Fsp3) is 0.333. The Labute approximate surface area is 146 Å². The van der Waals surface area contributed by atoms with Crippen LogP contribution >= 0.6 is 0 Å². The molecule has 1 fully saturated rings. The molecule has 1 aromatic heterocycles. The SMILES string of the molecule is CCOC(=O)N1CC[C@@H](NC(=O)c2cc(-c3ccccc3)cnn2)C1. The lowest BCUT2D eigenvalue weighted by Gasteiger charge is -2.16. The van der Waals surface area contributed by atoms with Crippen molar-refractivity contribution in [3.05, 3.63) is 48.3 Å². The molecule has 2 heterocycles. The van der Waals surface area contributed by atoms with Gasteiger partial charge in [0.2, 0.25) is 0 Å². The van der Waals surface area contributed by atoms with E-state index in [9.17, 15) is 9.59 Å². The fourth-order valence-corrected chi connectivity index (χ4v) is 2.78. The van der Waals surface area contributed by atoms with Gasteiger partial charge in [-0.3, -0.25) is 4.79 Å². The van der Waals surface area contributed by atoms with Crippen LogP contribution in [0.2, 0.25) is 0 Å². The second kappa shape index (κ2) is 7.74. The van der Waals surface area contributed by atoms with Gasteiger partial charge < -0.3 is 15.0 Å². The smallest absolute Gasteiger partial charge is 0.409 e. The Hall–Kier alpha value is -2.96. The lowest BCUT2D eigenvalue weighted by molar-refractivity contribution is 0.0924. The van der Waals surface area contributed by atoms with Crippen LogP contribution < -0.4 is 5.32 Å². The van der Waals surface area contributed by atoms with E-state index in [4.69, 9.17) is 4.74 Å². The summed E-state index contributed by atoms with van der Waals surface area (Å²) in [5.74, 6) is -0.291. The van der Waals surface area contributed by atoms with Crippen LogP contribution in [0.3, 0.4) is 0 Å². The number of hydrogen-bond donors (Lipinski definition) is 1. The van der Waals surface area contributed by atoms with Gasteiger partial charge in [-0.2, -0.15) is 5.10 Å². The summed E-state index contributed by atoms with van der Waals surface area (Å²) in [6.07, 6.45) is 1.98. The number of ether oxygens (including phenoxy) is 1. The summed E-state index contributed by atoms with van der Waals surface area (Å²) in [6.45, 7) is 3.12. The number of rotatable bonds is 4. The molecule has 0 bridgehead atoms. The highest BCUT2D eigenvalue weighted by Gasteiger charge is 2.28. The molecule has 0 saturated carbocycles. The van der Waals surface area contributed by atoms with E-state index in [0.29, 0.717) is 26.1 Å². The molecule has 25 heavy (non-hydrogen) atoms. The average molecular weight is 340 g/mol. The molecule has 7 heteroatoms. The lowest BCUT2D eigenvalue weighted by Crippen LogP contribution is -2.39. The van der Waals surface area contributed by atoms with Crippen LogP contribution in [0.4, 0.5) is 4.79 Å². The first-order valence-electron chi connectivity index (χ1n) is 8.28. The lowest BCUT2D eigenvalue weighted by atomic mass is 10.1. The molecule has 0 spiro atoms. The van der Waals surface area contributed by atoms with Gasteiger partial charge in [0.25, 0.3) is 5.91 Å². The Morgan fingerprint density at radius 1 is 1.28 bits per heavy atom. The van der Waals surface area contributed by atoms with Gasteiger partial charge in [-0.25, -0.2) is 4.79 Å². The Morgan fingerprint density at radius 3 is 2.84 bits per heavy atom. The maximum absolute atomic E-state index is 12.4. The number of hydrogen-bond acceptors (Lipinski definition) is 5. The van der Waals surface area contributed by atoms with Crippen molar-refractivity contribution in [1.82, 2.24) is 20.4 Å². The molecule has 1 saturated heterocycles. The summed E-state index contributed by atoms with van der Waals surface area (Å²) < 4.78 is 4.98. The molecular weight excluding hydrogens is 320 g/mol. The highest BCUT2D eigenvalue weighted by atomic mass is 16.6. The van der Waals surface area contributed by atoms with Crippen molar-refractivity contribution in [2.75, 3.05) is 19.7 Å². The zero-order valence-corrected chi connectivity index (χ0v) is 14.0. The van der Waals surface area contributed by atoms with Crippen LogP contribution in [0, 0.1) is 0 Å². The van der Waals surface area contributed by atoms with Gasteiger partial charge in [0.1, 0.15) is 0 Å². The molecule has 7 nitrogen and oxygen atoms in total. The van der Waals surface area contributed by atoms with Gasteiger partial charge in [0.15, 0.2) is 5.69 Å². The normalized spacial score (nSPS) is 16.5. The van der Waals surface area contributed by atoms with Crippen LogP contribution in [0.15, 0.2) is 42.6 Å².